The van der Waals surface area contributed by atoms with Crippen molar-refractivity contribution in [3.63, 3.8) is 0 Å². The maximum atomic E-state index is 6.49. The Morgan fingerprint density at radius 1 is 0.417 bits per heavy atom. The van der Waals surface area contributed by atoms with Crippen LogP contribution in [0.15, 0.2) is 140 Å². The third kappa shape index (κ3) is 3.02. The summed E-state index contributed by atoms with van der Waals surface area (Å²) in [7, 11) is 0. The van der Waals surface area contributed by atoms with Crippen LogP contribution in [0.5, 0.6) is 0 Å². The Kier molecular flexibility index (Phi) is 4.84. The summed E-state index contributed by atoms with van der Waals surface area (Å²) in [5, 5.41) is 3.26. The summed E-state index contributed by atoms with van der Waals surface area (Å²) in [5.41, 5.74) is 9.62. The quantitative estimate of drug-likeness (QED) is 0.237. The van der Waals surface area contributed by atoms with Crippen molar-refractivity contribution >= 4 is 22.4 Å². The third-order valence-electron chi connectivity index (χ3n) is 7.58. The first-order chi connectivity index (χ1) is 17.8. The first-order valence-electron chi connectivity index (χ1n) is 12.3. The summed E-state index contributed by atoms with van der Waals surface area (Å²) in [6.07, 6.45) is 0. The Hall–Kier alpha value is -4.13. The molecule has 1 heteroatoms. The van der Waals surface area contributed by atoms with Crippen molar-refractivity contribution in [1.29, 1.82) is 0 Å². The lowest BCUT2D eigenvalue weighted by molar-refractivity contribution is 0.771. The molecule has 0 radical (unpaired) electrons. The molecule has 0 spiro atoms. The number of hydrogen-bond acceptors (Lipinski definition) is 0. The van der Waals surface area contributed by atoms with E-state index in [1.165, 1.54) is 49.7 Å². The van der Waals surface area contributed by atoms with Gasteiger partial charge in [-0.05, 0) is 79.5 Å². The Balaban J connectivity index is 1.67. The van der Waals surface area contributed by atoms with Crippen molar-refractivity contribution < 1.29 is 0 Å². The average molecular weight is 479 g/mol. The van der Waals surface area contributed by atoms with Gasteiger partial charge in [-0.25, -0.2) is 0 Å². The maximum Gasteiger partial charge on any atom is 0.0719 e. The molecular formula is C35H23Cl. The van der Waals surface area contributed by atoms with Crippen LogP contribution in [0.3, 0.4) is 0 Å². The summed E-state index contributed by atoms with van der Waals surface area (Å²) in [4.78, 5) is 0. The number of halogens is 1. The molecule has 0 aliphatic heterocycles. The zero-order valence-electron chi connectivity index (χ0n) is 19.7. The van der Waals surface area contributed by atoms with E-state index in [1.807, 2.05) is 12.1 Å². The third-order valence-corrected chi connectivity index (χ3v) is 7.82. The lowest BCUT2D eigenvalue weighted by atomic mass is 9.65. The van der Waals surface area contributed by atoms with E-state index in [1.54, 1.807) is 0 Å². The van der Waals surface area contributed by atoms with Crippen LogP contribution in [0.25, 0.3) is 33.0 Å². The molecular weight excluding hydrogens is 456 g/mol. The molecule has 0 aromatic heterocycles. The zero-order valence-corrected chi connectivity index (χ0v) is 20.4. The number of rotatable bonds is 3. The van der Waals surface area contributed by atoms with E-state index in [2.05, 4.69) is 127 Å². The second-order valence-electron chi connectivity index (χ2n) is 9.46. The summed E-state index contributed by atoms with van der Waals surface area (Å²) in [6.45, 7) is 0. The highest BCUT2D eigenvalue weighted by molar-refractivity contribution is 6.30. The summed E-state index contributed by atoms with van der Waals surface area (Å²) in [6, 6.07) is 50.3. The SMILES string of the molecule is Clc1cccc(-c2ccccc2C2(c3ccccc3)c3ccccc3-c3cc4ccccc4cc32)c1. The zero-order chi connectivity index (χ0) is 24.1. The van der Waals surface area contributed by atoms with Crippen molar-refractivity contribution in [3.05, 3.63) is 167 Å². The topological polar surface area (TPSA) is 0 Å². The predicted octanol–water partition coefficient (Wildman–Crippen LogP) is 9.52. The monoisotopic (exact) mass is 478 g/mol. The van der Waals surface area contributed by atoms with Gasteiger partial charge in [0.1, 0.15) is 0 Å². The fourth-order valence-electron chi connectivity index (χ4n) is 6.13. The molecule has 36 heavy (non-hydrogen) atoms. The van der Waals surface area contributed by atoms with Crippen LogP contribution in [-0.2, 0) is 5.41 Å². The molecule has 0 heterocycles. The van der Waals surface area contributed by atoms with Gasteiger partial charge in [0.2, 0.25) is 0 Å². The van der Waals surface area contributed by atoms with Crippen molar-refractivity contribution in [2.24, 2.45) is 0 Å². The van der Waals surface area contributed by atoms with E-state index in [-0.39, 0.29) is 0 Å². The van der Waals surface area contributed by atoms with Gasteiger partial charge in [0.25, 0.3) is 0 Å². The molecule has 1 atom stereocenters. The van der Waals surface area contributed by atoms with E-state index >= 15 is 0 Å². The van der Waals surface area contributed by atoms with Gasteiger partial charge >= 0.3 is 0 Å². The molecule has 6 aromatic carbocycles. The summed E-state index contributed by atoms with van der Waals surface area (Å²) < 4.78 is 0. The summed E-state index contributed by atoms with van der Waals surface area (Å²) >= 11 is 6.49. The van der Waals surface area contributed by atoms with Gasteiger partial charge in [0.05, 0.1) is 5.41 Å². The minimum Gasteiger partial charge on any atom is -0.0843 e. The fraction of sp³-hybridized carbons (Fsp3) is 0.0286. The molecule has 170 valence electrons. The Morgan fingerprint density at radius 2 is 1.03 bits per heavy atom. The molecule has 0 saturated carbocycles. The minimum absolute atomic E-state index is 0.462. The van der Waals surface area contributed by atoms with E-state index in [9.17, 15) is 0 Å². The molecule has 0 nitrogen and oxygen atoms in total. The van der Waals surface area contributed by atoms with Crippen LogP contribution in [0.2, 0.25) is 5.02 Å². The smallest absolute Gasteiger partial charge is 0.0719 e. The molecule has 0 amide bonds. The van der Waals surface area contributed by atoms with E-state index in [0.717, 1.165) is 10.6 Å². The first kappa shape index (κ1) is 21.2. The van der Waals surface area contributed by atoms with Crippen LogP contribution in [0.1, 0.15) is 22.3 Å². The maximum absolute atomic E-state index is 6.49. The Bertz CT molecular complexity index is 1750. The van der Waals surface area contributed by atoms with Crippen molar-refractivity contribution in [2.75, 3.05) is 0 Å². The van der Waals surface area contributed by atoms with E-state index in [4.69, 9.17) is 11.6 Å². The Morgan fingerprint density at radius 3 is 1.78 bits per heavy atom. The van der Waals surface area contributed by atoms with Gasteiger partial charge in [0, 0.05) is 5.02 Å². The van der Waals surface area contributed by atoms with Gasteiger partial charge < -0.3 is 0 Å². The molecule has 1 aliphatic carbocycles. The van der Waals surface area contributed by atoms with Crippen LogP contribution < -0.4 is 0 Å². The minimum atomic E-state index is -0.462. The highest BCUT2D eigenvalue weighted by atomic mass is 35.5. The van der Waals surface area contributed by atoms with Crippen LogP contribution >= 0.6 is 11.6 Å². The van der Waals surface area contributed by atoms with Gasteiger partial charge in [-0.15, -0.1) is 0 Å². The highest BCUT2D eigenvalue weighted by Crippen LogP contribution is 2.58. The first-order valence-corrected chi connectivity index (χ1v) is 12.7. The molecule has 1 unspecified atom stereocenters. The van der Waals surface area contributed by atoms with Crippen LogP contribution in [-0.4, -0.2) is 0 Å². The number of fused-ring (bicyclic) bond motifs is 4. The molecule has 0 bridgehead atoms. The second-order valence-corrected chi connectivity index (χ2v) is 9.90. The second kappa shape index (κ2) is 8.22. The molecule has 1 aliphatic rings. The predicted molar refractivity (Wildman–Crippen MR) is 152 cm³/mol. The molecule has 0 saturated heterocycles. The van der Waals surface area contributed by atoms with Crippen molar-refractivity contribution in [1.82, 2.24) is 0 Å². The van der Waals surface area contributed by atoms with Gasteiger partial charge in [0.15, 0.2) is 0 Å². The van der Waals surface area contributed by atoms with E-state index in [0.29, 0.717) is 0 Å². The number of benzene rings is 6. The van der Waals surface area contributed by atoms with Gasteiger partial charge in [-0.3, -0.25) is 0 Å². The highest BCUT2D eigenvalue weighted by Gasteiger charge is 2.47. The van der Waals surface area contributed by atoms with E-state index < -0.39 is 5.41 Å². The lowest BCUT2D eigenvalue weighted by Crippen LogP contribution is -2.29. The van der Waals surface area contributed by atoms with Crippen molar-refractivity contribution in [3.8, 4) is 22.3 Å². The van der Waals surface area contributed by atoms with Crippen molar-refractivity contribution in [2.45, 2.75) is 5.41 Å². The number of hydrogen-bond donors (Lipinski definition) is 0. The lowest BCUT2D eigenvalue weighted by Gasteiger charge is -2.35. The molecule has 7 rings (SSSR count). The van der Waals surface area contributed by atoms with Gasteiger partial charge in [-0.2, -0.15) is 0 Å². The molecule has 6 aromatic rings. The van der Waals surface area contributed by atoms with Crippen LogP contribution in [0.4, 0.5) is 0 Å². The molecule has 0 fully saturated rings. The largest absolute Gasteiger partial charge is 0.0843 e. The van der Waals surface area contributed by atoms with Gasteiger partial charge in [-0.1, -0.05) is 127 Å². The molecule has 0 N–H and O–H groups in total. The average Bonchev–Trinajstić information content (AvgIpc) is 3.22. The fourth-order valence-corrected chi connectivity index (χ4v) is 6.32. The summed E-state index contributed by atoms with van der Waals surface area (Å²) in [5.74, 6) is 0. The normalized spacial score (nSPS) is 16.0. The van der Waals surface area contributed by atoms with Crippen LogP contribution in [0, 0.1) is 0 Å². The Labute approximate surface area is 216 Å². The standard InChI is InChI=1S/C35H23Cl/c36-28-16-10-13-26(21-28)29-17-6-8-19-32(29)35(27-14-2-1-3-15-27)33-20-9-7-18-30(33)31-22-24-11-4-5-12-25(24)23-34(31)35/h1-23H.